The molecule has 5 rings (SSSR count). The van der Waals surface area contributed by atoms with Crippen LogP contribution in [0, 0.1) is 5.92 Å². The Morgan fingerprint density at radius 1 is 1.13 bits per heavy atom. The molecule has 1 aromatic carbocycles. The second-order valence-corrected chi connectivity index (χ2v) is 14.5. The molecule has 2 aliphatic heterocycles. The topological polar surface area (TPSA) is 71.5 Å². The second-order valence-electron chi connectivity index (χ2n) is 13.5. The number of carbonyl (C=O) groups is 2. The molecule has 2 amide bonds. The lowest BCUT2D eigenvalue weighted by molar-refractivity contribution is -0.119. The second kappa shape index (κ2) is 11.0. The molecule has 0 spiro atoms. The number of carbonyl (C=O) groups excluding carboxylic acids is 2. The van der Waals surface area contributed by atoms with Crippen molar-refractivity contribution in [2.24, 2.45) is 5.92 Å². The lowest BCUT2D eigenvalue weighted by Gasteiger charge is -2.41. The van der Waals surface area contributed by atoms with E-state index in [-0.39, 0.29) is 28.7 Å². The standard InChI is InChI=1S/C32H45N3O3S/c1-31(2,3)23-17-21(18-24-27(23)35(6)26(36)19-32(24,4)5)28-25(16-20-10-8-7-9-11-20)34-30(39-28)29(37)33-22-12-14-38-15-13-22/h17-18,20,22H,7-16,19H2,1-6H3,(H,33,37). The first-order chi connectivity index (χ1) is 18.4. The third-order valence-electron chi connectivity index (χ3n) is 8.87. The summed E-state index contributed by atoms with van der Waals surface area (Å²) in [5.41, 5.74) is 5.18. The van der Waals surface area contributed by atoms with E-state index >= 15 is 0 Å². The van der Waals surface area contributed by atoms with Crippen LogP contribution in [-0.2, 0) is 26.8 Å². The molecule has 1 N–H and O–H groups in total. The lowest BCUT2D eigenvalue weighted by Crippen LogP contribution is -2.41. The highest BCUT2D eigenvalue weighted by Crippen LogP contribution is 2.48. The third-order valence-corrected chi connectivity index (χ3v) is 10.0. The van der Waals surface area contributed by atoms with E-state index in [2.05, 4.69) is 52.1 Å². The highest BCUT2D eigenvalue weighted by Gasteiger charge is 2.39. The molecule has 212 valence electrons. The first-order valence-corrected chi connectivity index (χ1v) is 15.6. The fraction of sp³-hybridized carbons (Fsp3) is 0.656. The van der Waals surface area contributed by atoms with Gasteiger partial charge in [0, 0.05) is 38.1 Å². The Kier molecular flexibility index (Phi) is 7.95. The molecule has 0 radical (unpaired) electrons. The number of nitrogens with zero attached hydrogens (tertiary/aromatic N) is 2. The first-order valence-electron chi connectivity index (χ1n) is 14.8. The minimum atomic E-state index is -0.271. The summed E-state index contributed by atoms with van der Waals surface area (Å²) < 4.78 is 5.48. The first kappa shape index (κ1) is 28.3. The summed E-state index contributed by atoms with van der Waals surface area (Å²) in [4.78, 5) is 34.4. The lowest BCUT2D eigenvalue weighted by atomic mass is 9.72. The van der Waals surface area contributed by atoms with Crippen molar-refractivity contribution in [3.63, 3.8) is 0 Å². The van der Waals surface area contributed by atoms with Gasteiger partial charge in [-0.1, -0.05) is 66.7 Å². The van der Waals surface area contributed by atoms with Crippen molar-refractivity contribution in [2.45, 2.75) is 109 Å². The van der Waals surface area contributed by atoms with Crippen LogP contribution in [0.5, 0.6) is 0 Å². The Morgan fingerprint density at radius 2 is 1.82 bits per heavy atom. The SMILES string of the molecule is CN1C(=O)CC(C)(C)c2cc(-c3sc(C(=O)NC4CCOCC4)nc3CC3CCCCC3)cc(C(C)(C)C)c21. The Labute approximate surface area is 237 Å². The number of nitrogens with one attached hydrogen (secondary N) is 1. The zero-order chi connectivity index (χ0) is 27.9. The van der Waals surface area contributed by atoms with E-state index in [1.54, 1.807) is 0 Å². The van der Waals surface area contributed by atoms with Crippen molar-refractivity contribution in [3.05, 3.63) is 34.0 Å². The van der Waals surface area contributed by atoms with Crippen LogP contribution in [0.25, 0.3) is 10.4 Å². The van der Waals surface area contributed by atoms with Crippen molar-refractivity contribution >= 4 is 28.8 Å². The van der Waals surface area contributed by atoms with Crippen LogP contribution in [0.4, 0.5) is 5.69 Å². The van der Waals surface area contributed by atoms with Gasteiger partial charge in [-0.25, -0.2) is 4.98 Å². The van der Waals surface area contributed by atoms with E-state index in [1.165, 1.54) is 54.6 Å². The molecular formula is C32H45N3O3S. The van der Waals surface area contributed by atoms with Gasteiger partial charge in [-0.15, -0.1) is 11.3 Å². The summed E-state index contributed by atoms with van der Waals surface area (Å²) in [5.74, 6) is 0.710. The normalized spacial score (nSPS) is 20.7. The maximum atomic E-state index is 13.4. The summed E-state index contributed by atoms with van der Waals surface area (Å²) in [6.07, 6.45) is 9.45. The summed E-state index contributed by atoms with van der Waals surface area (Å²) >= 11 is 1.53. The summed E-state index contributed by atoms with van der Waals surface area (Å²) in [6, 6.07) is 4.69. The number of ether oxygens (including phenoxy) is 1. The molecular weight excluding hydrogens is 506 g/mol. The van der Waals surface area contributed by atoms with Gasteiger partial charge in [-0.2, -0.15) is 0 Å². The molecule has 1 saturated heterocycles. The minimum Gasteiger partial charge on any atom is -0.381 e. The largest absolute Gasteiger partial charge is 0.381 e. The fourth-order valence-electron chi connectivity index (χ4n) is 6.50. The number of anilines is 1. The van der Waals surface area contributed by atoms with Crippen LogP contribution >= 0.6 is 11.3 Å². The molecule has 3 heterocycles. The highest BCUT2D eigenvalue weighted by molar-refractivity contribution is 7.17. The number of thiazole rings is 1. The van der Waals surface area contributed by atoms with E-state index in [4.69, 9.17) is 9.72 Å². The average Bonchev–Trinajstić information content (AvgIpc) is 3.31. The maximum Gasteiger partial charge on any atom is 0.280 e. The number of benzene rings is 1. The van der Waals surface area contributed by atoms with Crippen LogP contribution in [-0.4, -0.2) is 43.1 Å². The van der Waals surface area contributed by atoms with Gasteiger partial charge in [-0.3, -0.25) is 9.59 Å². The predicted molar refractivity (Wildman–Crippen MR) is 159 cm³/mol. The van der Waals surface area contributed by atoms with E-state index < -0.39 is 0 Å². The van der Waals surface area contributed by atoms with E-state index in [0.29, 0.717) is 30.6 Å². The van der Waals surface area contributed by atoms with Gasteiger partial charge in [0.1, 0.15) is 0 Å². The molecule has 0 atom stereocenters. The molecule has 2 aromatic rings. The number of hydrogen-bond acceptors (Lipinski definition) is 5. The van der Waals surface area contributed by atoms with Gasteiger partial charge in [0.15, 0.2) is 5.01 Å². The molecule has 7 heteroatoms. The van der Waals surface area contributed by atoms with Crippen molar-refractivity contribution in [1.29, 1.82) is 0 Å². The van der Waals surface area contributed by atoms with Gasteiger partial charge in [0.25, 0.3) is 5.91 Å². The van der Waals surface area contributed by atoms with Gasteiger partial charge >= 0.3 is 0 Å². The minimum absolute atomic E-state index is 0.0669. The van der Waals surface area contributed by atoms with Gasteiger partial charge in [-0.05, 0) is 59.4 Å². The molecule has 3 aliphatic rings. The van der Waals surface area contributed by atoms with Crippen LogP contribution in [0.15, 0.2) is 12.1 Å². The number of rotatable bonds is 5. The van der Waals surface area contributed by atoms with Crippen molar-refractivity contribution in [3.8, 4) is 10.4 Å². The Balaban J connectivity index is 1.60. The number of fused-ring (bicyclic) bond motifs is 1. The van der Waals surface area contributed by atoms with E-state index in [0.717, 1.165) is 41.1 Å². The zero-order valence-electron chi connectivity index (χ0n) is 24.6. The quantitative estimate of drug-likeness (QED) is 0.444. The smallest absolute Gasteiger partial charge is 0.280 e. The molecule has 39 heavy (non-hydrogen) atoms. The third kappa shape index (κ3) is 5.95. The molecule has 2 fully saturated rings. The number of aromatic nitrogens is 1. The van der Waals surface area contributed by atoms with Gasteiger partial charge in [0.2, 0.25) is 5.91 Å². The van der Waals surface area contributed by atoms with E-state index in [9.17, 15) is 9.59 Å². The Hall–Kier alpha value is -2.25. The summed E-state index contributed by atoms with van der Waals surface area (Å²) in [7, 11) is 1.91. The van der Waals surface area contributed by atoms with E-state index in [1.807, 2.05) is 11.9 Å². The zero-order valence-corrected chi connectivity index (χ0v) is 25.4. The van der Waals surface area contributed by atoms with Crippen LogP contribution in [0.1, 0.15) is 113 Å². The molecule has 0 unspecified atom stereocenters. The van der Waals surface area contributed by atoms with Crippen LogP contribution in [0.2, 0.25) is 0 Å². The molecule has 1 aliphatic carbocycles. The van der Waals surface area contributed by atoms with Gasteiger partial charge < -0.3 is 15.0 Å². The Bertz CT molecular complexity index is 1210. The van der Waals surface area contributed by atoms with Crippen molar-refractivity contribution in [1.82, 2.24) is 10.3 Å². The fourth-order valence-corrected chi connectivity index (χ4v) is 7.48. The Morgan fingerprint density at radius 3 is 2.49 bits per heavy atom. The van der Waals surface area contributed by atoms with Crippen molar-refractivity contribution in [2.75, 3.05) is 25.2 Å². The highest BCUT2D eigenvalue weighted by atomic mass is 32.1. The molecule has 6 nitrogen and oxygen atoms in total. The van der Waals surface area contributed by atoms with Crippen LogP contribution < -0.4 is 10.2 Å². The van der Waals surface area contributed by atoms with Gasteiger partial charge in [0.05, 0.1) is 16.3 Å². The predicted octanol–water partition coefficient (Wildman–Crippen LogP) is 6.78. The summed E-state index contributed by atoms with van der Waals surface area (Å²) in [5, 5.41) is 3.78. The van der Waals surface area contributed by atoms with Crippen molar-refractivity contribution < 1.29 is 14.3 Å². The summed E-state index contributed by atoms with van der Waals surface area (Å²) in [6.45, 7) is 12.4. The molecule has 1 saturated carbocycles. The number of hydrogen-bond donors (Lipinski definition) is 1. The monoisotopic (exact) mass is 551 g/mol. The maximum absolute atomic E-state index is 13.4. The average molecular weight is 552 g/mol. The molecule has 0 bridgehead atoms. The number of amides is 2. The molecule has 1 aromatic heterocycles. The van der Waals surface area contributed by atoms with Crippen LogP contribution in [0.3, 0.4) is 0 Å².